The Morgan fingerprint density at radius 1 is 1.29 bits per heavy atom. The summed E-state index contributed by atoms with van der Waals surface area (Å²) in [6.45, 7) is 0. The number of hydrogen-bond acceptors (Lipinski definition) is 4. The molecule has 0 heterocycles. The molecule has 0 aliphatic heterocycles. The number of benzene rings is 1. The molecule has 5 nitrogen and oxygen atoms in total. The summed E-state index contributed by atoms with van der Waals surface area (Å²) in [5, 5.41) is 2.50. The van der Waals surface area contributed by atoms with E-state index < -0.39 is 6.09 Å². The van der Waals surface area contributed by atoms with Gasteiger partial charge >= 0.3 is 71.3 Å². The van der Waals surface area contributed by atoms with E-state index >= 15 is 0 Å². The largest absolute Gasteiger partial charge is 0.870 e. The van der Waals surface area contributed by atoms with E-state index in [0.29, 0.717) is 11.2 Å². The fourth-order valence-electron chi connectivity index (χ4n) is 0.735. The minimum absolute atomic E-state index is 0. The Balaban J connectivity index is 0. The second kappa shape index (κ2) is 6.93. The molecule has 14 heavy (non-hydrogen) atoms. The van der Waals surface area contributed by atoms with Crippen LogP contribution in [0.25, 0.3) is 0 Å². The standard InChI is InChI=1S/C8H8BNO2.2H2O/c1-12-8(11)10-7-4-2-6(9)3-5-7;;/h2-5H,1H3,(H,10,11);2*1H2/q+2;;/p-2. The second-order valence-corrected chi connectivity index (χ2v) is 2.24. The Morgan fingerprint density at radius 3 is 2.21 bits per heavy atom. The van der Waals surface area contributed by atoms with Gasteiger partial charge in [0, 0.05) is 0 Å². The number of amides is 1. The van der Waals surface area contributed by atoms with Gasteiger partial charge < -0.3 is 11.0 Å². The maximum atomic E-state index is 10.7. The molecule has 0 aromatic heterocycles. The smallest absolute Gasteiger partial charge is 0.870 e. The summed E-state index contributed by atoms with van der Waals surface area (Å²) in [6, 6.07) is 6.80. The van der Waals surface area contributed by atoms with Crippen molar-refractivity contribution >= 4 is 25.1 Å². The molecule has 1 amide bonds. The minimum Gasteiger partial charge on any atom is -0.870 e. The summed E-state index contributed by atoms with van der Waals surface area (Å²) < 4.78 is 4.40. The molecule has 0 fully saturated rings. The van der Waals surface area contributed by atoms with Crippen LogP contribution >= 0.6 is 0 Å². The molecule has 0 radical (unpaired) electrons. The Hall–Kier alpha value is -1.53. The van der Waals surface area contributed by atoms with Crippen molar-refractivity contribution in [1.82, 2.24) is 0 Å². The molecule has 0 spiro atoms. The zero-order chi connectivity index (χ0) is 8.97. The molecule has 1 aromatic rings. The Bertz CT molecular complexity index is 275. The Morgan fingerprint density at radius 2 is 1.79 bits per heavy atom. The predicted molar refractivity (Wildman–Crippen MR) is 51.7 cm³/mol. The number of rotatable bonds is 1. The van der Waals surface area contributed by atoms with Crippen molar-refractivity contribution in [3.05, 3.63) is 24.3 Å². The van der Waals surface area contributed by atoms with Gasteiger partial charge in [0.1, 0.15) is 0 Å². The van der Waals surface area contributed by atoms with Crippen LogP contribution in [0.3, 0.4) is 0 Å². The van der Waals surface area contributed by atoms with E-state index in [-0.39, 0.29) is 11.0 Å². The Labute approximate surface area is 83.1 Å². The van der Waals surface area contributed by atoms with E-state index in [9.17, 15) is 4.79 Å². The van der Waals surface area contributed by atoms with Gasteiger partial charge in [-0.25, -0.2) is 0 Å². The molecule has 0 aliphatic carbocycles. The van der Waals surface area contributed by atoms with Crippen molar-refractivity contribution < 1.29 is 20.5 Å². The third-order valence-corrected chi connectivity index (χ3v) is 1.34. The van der Waals surface area contributed by atoms with Crippen LogP contribution in [0, 0.1) is 0 Å². The summed E-state index contributed by atoms with van der Waals surface area (Å²) in [4.78, 5) is 10.7. The molecule has 1 rings (SSSR count). The number of nitrogens with one attached hydrogen (secondary N) is 1. The molecule has 0 aliphatic rings. The van der Waals surface area contributed by atoms with Crippen LogP contribution < -0.4 is 10.8 Å². The first-order valence-electron chi connectivity index (χ1n) is 3.43. The van der Waals surface area contributed by atoms with Gasteiger partial charge in [-0.1, -0.05) is 0 Å². The molecule has 6 heteroatoms. The van der Waals surface area contributed by atoms with Crippen LogP contribution in [0.2, 0.25) is 0 Å². The normalized spacial score (nSPS) is 7.93. The first-order valence-corrected chi connectivity index (χ1v) is 3.43. The first kappa shape index (κ1) is 15.0. The van der Waals surface area contributed by atoms with Crippen molar-refractivity contribution in [2.24, 2.45) is 0 Å². The average molecular weight is 195 g/mol. The summed E-state index contributed by atoms with van der Waals surface area (Å²) in [6.07, 6.45) is -0.486. The van der Waals surface area contributed by atoms with Gasteiger partial charge in [0.2, 0.25) is 0 Å². The minimum atomic E-state index is -0.486. The molecule has 74 valence electrons. The van der Waals surface area contributed by atoms with E-state index in [0.717, 1.165) is 0 Å². The van der Waals surface area contributed by atoms with Crippen LogP contribution in [0.5, 0.6) is 0 Å². The van der Waals surface area contributed by atoms with Gasteiger partial charge in [0.15, 0.2) is 0 Å². The van der Waals surface area contributed by atoms with Gasteiger partial charge in [0.25, 0.3) is 0 Å². The summed E-state index contributed by atoms with van der Waals surface area (Å²) >= 11 is 0. The number of ether oxygens (including phenoxy) is 1. The van der Waals surface area contributed by atoms with Gasteiger partial charge in [-0.15, -0.1) is 0 Å². The molecule has 1 aromatic carbocycles. The Kier molecular flexibility index (Phi) is 7.41. The second-order valence-electron chi connectivity index (χ2n) is 2.24. The van der Waals surface area contributed by atoms with Gasteiger partial charge in [-0.05, 0) is 0 Å². The topological polar surface area (TPSA) is 98.3 Å². The van der Waals surface area contributed by atoms with E-state index in [1.54, 1.807) is 24.3 Å². The molecule has 0 bridgehead atoms. The van der Waals surface area contributed by atoms with E-state index in [4.69, 9.17) is 7.85 Å². The zero-order valence-corrected chi connectivity index (χ0v) is 7.60. The monoisotopic (exact) mass is 195 g/mol. The average Bonchev–Trinajstić information content (AvgIpc) is 2.09. The fourth-order valence-corrected chi connectivity index (χ4v) is 0.735. The van der Waals surface area contributed by atoms with E-state index in [1.165, 1.54) is 7.11 Å². The van der Waals surface area contributed by atoms with Gasteiger partial charge in [0.05, 0.1) is 0 Å². The molecule has 0 atom stereocenters. The summed E-state index contributed by atoms with van der Waals surface area (Å²) in [7, 11) is 6.76. The maximum absolute atomic E-state index is 10.7. The fraction of sp³-hybridized carbons (Fsp3) is 0.125. The predicted octanol–water partition coefficient (Wildman–Crippen LogP) is 0.305. The van der Waals surface area contributed by atoms with Crippen molar-refractivity contribution in [1.29, 1.82) is 0 Å². The number of anilines is 1. The van der Waals surface area contributed by atoms with Gasteiger partial charge in [-0.2, -0.15) is 0 Å². The molecule has 0 saturated heterocycles. The SMILES string of the molecule is [B+2]c1ccc(NC(=O)OC)cc1.[OH-].[OH-]. The van der Waals surface area contributed by atoms with E-state index in [2.05, 4.69) is 10.1 Å². The molecule has 0 saturated carbocycles. The van der Waals surface area contributed by atoms with Crippen LogP contribution in [0.1, 0.15) is 0 Å². The quantitative estimate of drug-likeness (QED) is 0.651. The van der Waals surface area contributed by atoms with Crippen LogP contribution in [-0.2, 0) is 4.74 Å². The maximum Gasteiger partial charge on any atom is -0.870 e. The first-order chi connectivity index (χ1) is 5.72. The van der Waals surface area contributed by atoms with Crippen LogP contribution in [0.4, 0.5) is 10.5 Å². The molecular formula is C8H10BNO4. The third-order valence-electron chi connectivity index (χ3n) is 1.34. The molecular weight excluding hydrogens is 185 g/mol. The zero-order valence-electron chi connectivity index (χ0n) is 7.60. The summed E-state index contributed by atoms with van der Waals surface area (Å²) in [5.41, 5.74) is 1.32. The van der Waals surface area contributed by atoms with Crippen LogP contribution in [0.15, 0.2) is 24.3 Å². The van der Waals surface area contributed by atoms with Gasteiger partial charge in [-0.3, -0.25) is 0 Å². The van der Waals surface area contributed by atoms with Crippen molar-refractivity contribution in [2.75, 3.05) is 12.4 Å². The summed E-state index contributed by atoms with van der Waals surface area (Å²) in [5.74, 6) is 0. The van der Waals surface area contributed by atoms with Crippen molar-refractivity contribution in [3.63, 3.8) is 0 Å². The third kappa shape index (κ3) is 4.49. The number of methoxy groups -OCH3 is 1. The van der Waals surface area contributed by atoms with Crippen LogP contribution in [-0.4, -0.2) is 32.0 Å². The molecule has 0 unspecified atom stereocenters. The van der Waals surface area contributed by atoms with Crippen molar-refractivity contribution in [2.45, 2.75) is 0 Å². The van der Waals surface area contributed by atoms with Crippen molar-refractivity contribution in [3.8, 4) is 0 Å². The number of carbonyl (C=O) groups excluding carboxylic acids is 1. The van der Waals surface area contributed by atoms with E-state index in [1.807, 2.05) is 0 Å². The molecule has 3 N–H and O–H groups in total. The number of hydrogen-bond donors (Lipinski definition) is 1. The number of carbonyl (C=O) groups is 1.